The van der Waals surface area contributed by atoms with E-state index in [9.17, 15) is 0 Å². The predicted molar refractivity (Wildman–Crippen MR) is 86.4 cm³/mol. The van der Waals surface area contributed by atoms with Crippen molar-refractivity contribution in [2.24, 2.45) is 17.6 Å². The van der Waals surface area contributed by atoms with Crippen LogP contribution in [0.4, 0.5) is 5.69 Å². The second-order valence-electron chi connectivity index (χ2n) is 5.90. The van der Waals surface area contributed by atoms with Gasteiger partial charge in [-0.05, 0) is 48.8 Å². The Morgan fingerprint density at radius 3 is 2.74 bits per heavy atom. The van der Waals surface area contributed by atoms with E-state index in [2.05, 4.69) is 52.9 Å². The Hall–Kier alpha value is -0.540. The molecule has 2 N–H and O–H groups in total. The van der Waals surface area contributed by atoms with Gasteiger partial charge in [0, 0.05) is 29.8 Å². The first-order valence-corrected chi connectivity index (χ1v) is 8.14. The van der Waals surface area contributed by atoms with E-state index >= 15 is 0 Å². The molecule has 1 fully saturated rings. The van der Waals surface area contributed by atoms with E-state index in [-0.39, 0.29) is 0 Å². The highest BCUT2D eigenvalue weighted by Gasteiger charge is 2.19. The van der Waals surface area contributed by atoms with Gasteiger partial charge in [0.2, 0.25) is 0 Å². The molecule has 1 unspecified atom stereocenters. The van der Waals surface area contributed by atoms with Crippen molar-refractivity contribution in [2.75, 3.05) is 18.0 Å². The van der Waals surface area contributed by atoms with Crippen LogP contribution in [0.15, 0.2) is 22.7 Å². The van der Waals surface area contributed by atoms with E-state index in [1.54, 1.807) is 0 Å². The van der Waals surface area contributed by atoms with E-state index in [0.717, 1.165) is 16.3 Å². The minimum Gasteiger partial charge on any atom is -0.371 e. The summed E-state index contributed by atoms with van der Waals surface area (Å²) in [5.74, 6) is 1.70. The van der Waals surface area contributed by atoms with Crippen LogP contribution in [0, 0.1) is 11.8 Å². The summed E-state index contributed by atoms with van der Waals surface area (Å²) in [6.45, 7) is 7.66. The fourth-order valence-electron chi connectivity index (χ4n) is 2.95. The maximum atomic E-state index is 5.71. The second-order valence-corrected chi connectivity index (χ2v) is 6.76. The molecule has 2 rings (SSSR count). The van der Waals surface area contributed by atoms with Crippen LogP contribution in [-0.4, -0.2) is 13.1 Å². The number of benzene rings is 1. The highest BCUT2D eigenvalue weighted by molar-refractivity contribution is 9.10. The molecule has 19 heavy (non-hydrogen) atoms. The summed E-state index contributed by atoms with van der Waals surface area (Å²) in [6, 6.07) is 6.57. The first-order valence-electron chi connectivity index (χ1n) is 7.35. The minimum absolute atomic E-state index is 0.594. The third-order valence-electron chi connectivity index (χ3n) is 4.34. The first-order chi connectivity index (χ1) is 9.11. The zero-order valence-electron chi connectivity index (χ0n) is 12.0. The molecular weight excluding hydrogens is 300 g/mol. The molecule has 0 aliphatic carbocycles. The number of nitrogens with zero attached hydrogens (tertiary/aromatic N) is 1. The van der Waals surface area contributed by atoms with Crippen LogP contribution in [0.2, 0.25) is 0 Å². The zero-order chi connectivity index (χ0) is 13.8. The number of hydrogen-bond acceptors (Lipinski definition) is 2. The lowest BCUT2D eigenvalue weighted by atomic mass is 9.89. The monoisotopic (exact) mass is 324 g/mol. The number of hydrogen-bond donors (Lipinski definition) is 1. The molecule has 1 atom stereocenters. The summed E-state index contributed by atoms with van der Waals surface area (Å²) < 4.78 is 1.14. The normalized spacial score (nSPS) is 20.7. The molecule has 1 aliphatic heterocycles. The van der Waals surface area contributed by atoms with Gasteiger partial charge in [-0.2, -0.15) is 0 Å². The molecule has 106 valence electrons. The van der Waals surface area contributed by atoms with Crippen molar-refractivity contribution in [3.8, 4) is 0 Å². The number of nitrogens with two attached hydrogens (primary N) is 1. The lowest BCUT2D eigenvalue weighted by Crippen LogP contribution is -2.24. The Bertz CT molecular complexity index is 417. The summed E-state index contributed by atoms with van der Waals surface area (Å²) in [5, 5.41) is 0. The van der Waals surface area contributed by atoms with Crippen molar-refractivity contribution in [1.29, 1.82) is 0 Å². The van der Waals surface area contributed by atoms with Gasteiger partial charge in [-0.15, -0.1) is 0 Å². The molecule has 3 heteroatoms. The first kappa shape index (κ1) is 14.9. The molecule has 0 saturated carbocycles. The number of halogens is 1. The van der Waals surface area contributed by atoms with Crippen molar-refractivity contribution in [3.63, 3.8) is 0 Å². The van der Waals surface area contributed by atoms with Crippen molar-refractivity contribution in [3.05, 3.63) is 28.2 Å². The highest BCUT2D eigenvalue weighted by Crippen LogP contribution is 2.29. The molecule has 0 aromatic heterocycles. The summed E-state index contributed by atoms with van der Waals surface area (Å²) in [5.41, 5.74) is 8.22. The van der Waals surface area contributed by atoms with Gasteiger partial charge in [-0.1, -0.05) is 35.8 Å². The van der Waals surface area contributed by atoms with Crippen molar-refractivity contribution in [1.82, 2.24) is 0 Å². The van der Waals surface area contributed by atoms with Crippen LogP contribution >= 0.6 is 15.9 Å². The van der Waals surface area contributed by atoms with E-state index in [4.69, 9.17) is 5.73 Å². The van der Waals surface area contributed by atoms with Crippen LogP contribution in [0.1, 0.15) is 38.7 Å². The summed E-state index contributed by atoms with van der Waals surface area (Å²) >= 11 is 3.62. The summed E-state index contributed by atoms with van der Waals surface area (Å²) in [6.07, 6.45) is 3.99. The van der Waals surface area contributed by atoms with E-state index in [0.29, 0.717) is 6.54 Å². The van der Waals surface area contributed by atoms with Crippen LogP contribution in [0.3, 0.4) is 0 Å². The number of anilines is 1. The maximum absolute atomic E-state index is 5.71. The molecule has 1 saturated heterocycles. The predicted octanol–water partition coefficient (Wildman–Crippen LogP) is 4.17. The quantitative estimate of drug-likeness (QED) is 0.904. The summed E-state index contributed by atoms with van der Waals surface area (Å²) in [7, 11) is 0. The third kappa shape index (κ3) is 3.73. The van der Waals surface area contributed by atoms with Crippen molar-refractivity contribution < 1.29 is 0 Å². The van der Waals surface area contributed by atoms with Gasteiger partial charge in [0.05, 0.1) is 0 Å². The van der Waals surface area contributed by atoms with Crippen molar-refractivity contribution >= 4 is 21.6 Å². The lowest BCUT2D eigenvalue weighted by Gasteiger charge is -2.24. The summed E-state index contributed by atoms with van der Waals surface area (Å²) in [4.78, 5) is 2.52. The topological polar surface area (TPSA) is 29.3 Å². The van der Waals surface area contributed by atoms with Gasteiger partial charge >= 0.3 is 0 Å². The van der Waals surface area contributed by atoms with E-state index < -0.39 is 0 Å². The molecule has 2 nitrogen and oxygen atoms in total. The third-order valence-corrected chi connectivity index (χ3v) is 5.08. The largest absolute Gasteiger partial charge is 0.371 e. The standard InChI is InChI=1S/C16H25BrN2/c1-12(2)13-4-3-8-19(9-7-13)15-6-5-14(11-18)16(17)10-15/h5-6,10,12-13H,3-4,7-9,11,18H2,1-2H3. The smallest absolute Gasteiger partial charge is 0.0377 e. The highest BCUT2D eigenvalue weighted by atomic mass is 79.9. The zero-order valence-corrected chi connectivity index (χ0v) is 13.6. The molecule has 1 aromatic rings. The Balaban J connectivity index is 2.08. The van der Waals surface area contributed by atoms with Gasteiger partial charge < -0.3 is 10.6 Å². The van der Waals surface area contributed by atoms with Crippen LogP contribution in [0.25, 0.3) is 0 Å². The SMILES string of the molecule is CC(C)C1CCCN(c2ccc(CN)c(Br)c2)CC1. The Morgan fingerprint density at radius 2 is 2.11 bits per heavy atom. The lowest BCUT2D eigenvalue weighted by molar-refractivity contribution is 0.351. The molecule has 1 aromatic carbocycles. The number of rotatable bonds is 3. The minimum atomic E-state index is 0.594. The fraction of sp³-hybridized carbons (Fsp3) is 0.625. The fourth-order valence-corrected chi connectivity index (χ4v) is 3.47. The molecule has 0 bridgehead atoms. The van der Waals surface area contributed by atoms with E-state index in [1.807, 2.05) is 0 Å². The Labute approximate surface area is 125 Å². The van der Waals surface area contributed by atoms with Gasteiger partial charge in [0.25, 0.3) is 0 Å². The van der Waals surface area contributed by atoms with Gasteiger partial charge in [0.1, 0.15) is 0 Å². The van der Waals surface area contributed by atoms with Gasteiger partial charge in [0.15, 0.2) is 0 Å². The Kier molecular flexibility index (Phi) is 5.28. The molecular formula is C16H25BrN2. The molecule has 0 radical (unpaired) electrons. The van der Waals surface area contributed by atoms with Crippen LogP contribution in [0.5, 0.6) is 0 Å². The molecule has 1 aliphatic rings. The van der Waals surface area contributed by atoms with Gasteiger partial charge in [-0.25, -0.2) is 0 Å². The van der Waals surface area contributed by atoms with E-state index in [1.165, 1.54) is 43.6 Å². The second kappa shape index (κ2) is 6.76. The molecule has 0 spiro atoms. The van der Waals surface area contributed by atoms with Crippen LogP contribution in [-0.2, 0) is 6.54 Å². The Morgan fingerprint density at radius 1 is 1.32 bits per heavy atom. The average Bonchev–Trinajstić information content (AvgIpc) is 2.64. The van der Waals surface area contributed by atoms with Crippen molar-refractivity contribution in [2.45, 2.75) is 39.7 Å². The maximum Gasteiger partial charge on any atom is 0.0377 e. The van der Waals surface area contributed by atoms with Crippen LogP contribution < -0.4 is 10.6 Å². The van der Waals surface area contributed by atoms with Gasteiger partial charge in [-0.3, -0.25) is 0 Å². The average molecular weight is 325 g/mol. The molecule has 0 amide bonds. The molecule has 1 heterocycles.